The monoisotopic (exact) mass is 537 g/mol. The van der Waals surface area contributed by atoms with Crippen molar-refractivity contribution >= 4 is 21.6 Å². The summed E-state index contributed by atoms with van der Waals surface area (Å²) >= 11 is 0. The Morgan fingerprint density at radius 1 is 1.00 bits per heavy atom. The number of carbonyl (C=O) groups is 1. The van der Waals surface area contributed by atoms with E-state index in [1.54, 1.807) is 55.5 Å². The fourth-order valence-corrected chi connectivity index (χ4v) is 5.44. The normalized spacial score (nSPS) is 21.0. The number of sulfonamides is 1. The van der Waals surface area contributed by atoms with E-state index in [0.29, 0.717) is 18.9 Å². The highest BCUT2D eigenvalue weighted by Gasteiger charge is 2.26. The Bertz CT molecular complexity index is 1350. The molecule has 0 spiro atoms. The molecular weight excluding hydrogens is 502 g/mol. The van der Waals surface area contributed by atoms with E-state index in [1.165, 1.54) is 6.07 Å². The molecule has 0 radical (unpaired) electrons. The van der Waals surface area contributed by atoms with Crippen LogP contribution in [0.5, 0.6) is 5.75 Å². The van der Waals surface area contributed by atoms with E-state index >= 15 is 0 Å². The average Bonchev–Trinajstić information content (AvgIpc) is 2.93. The molecule has 0 saturated carbocycles. The molecule has 2 N–H and O–H groups in total. The molecule has 0 unspecified atom stereocenters. The van der Waals surface area contributed by atoms with Crippen LogP contribution in [-0.2, 0) is 14.8 Å². The summed E-state index contributed by atoms with van der Waals surface area (Å²) in [6, 6.07) is 21.2. The van der Waals surface area contributed by atoms with Crippen molar-refractivity contribution in [3.63, 3.8) is 0 Å². The van der Waals surface area contributed by atoms with Crippen molar-refractivity contribution in [1.82, 2.24) is 10.2 Å². The molecule has 0 saturated heterocycles. The third-order valence-corrected chi connectivity index (χ3v) is 8.15. The van der Waals surface area contributed by atoms with Crippen molar-refractivity contribution in [2.24, 2.45) is 5.92 Å². The summed E-state index contributed by atoms with van der Waals surface area (Å²) in [5, 5.41) is 3.45. The number of fused-ring (bicyclic) bond motifs is 1. The lowest BCUT2D eigenvalue weighted by molar-refractivity contribution is 0.0281. The summed E-state index contributed by atoms with van der Waals surface area (Å²) in [5.74, 6) is 0.292. The number of hydrogen-bond acceptors (Lipinski definition) is 6. The number of nitrogens with zero attached hydrogens (tertiary/aromatic N) is 1. The molecule has 0 aromatic heterocycles. The number of ether oxygens (including phenoxy) is 2. The van der Waals surface area contributed by atoms with E-state index < -0.39 is 10.0 Å². The minimum Gasteiger partial charge on any atom is -0.491 e. The van der Waals surface area contributed by atoms with Crippen molar-refractivity contribution in [3.05, 3.63) is 78.4 Å². The Labute approximate surface area is 225 Å². The first-order valence-electron chi connectivity index (χ1n) is 12.6. The second-order valence-electron chi connectivity index (χ2n) is 9.76. The fraction of sp³-hybridized carbons (Fsp3) is 0.345. The molecule has 1 aliphatic rings. The zero-order valence-electron chi connectivity index (χ0n) is 22.2. The number of methoxy groups -OCH3 is 1. The number of anilines is 1. The molecule has 0 bridgehead atoms. The highest BCUT2D eigenvalue weighted by Crippen LogP contribution is 2.28. The van der Waals surface area contributed by atoms with Gasteiger partial charge in [0, 0.05) is 39.0 Å². The largest absolute Gasteiger partial charge is 0.491 e. The SMILES string of the molecule is CO[C@H]1CN(C)C(=O)c2cc(NS(=O)(=O)c3ccc(-c4ccccc4)cc3)ccc2OC[C@H](C)NC[C@H]1C. The fourth-order valence-electron chi connectivity index (χ4n) is 4.40. The molecule has 38 heavy (non-hydrogen) atoms. The Hall–Kier alpha value is -3.40. The summed E-state index contributed by atoms with van der Waals surface area (Å²) in [5.41, 5.74) is 2.47. The molecule has 3 atom stereocenters. The summed E-state index contributed by atoms with van der Waals surface area (Å²) in [6.07, 6.45) is -0.159. The maximum Gasteiger partial charge on any atom is 0.261 e. The van der Waals surface area contributed by atoms with Crippen LogP contribution in [0, 0.1) is 5.92 Å². The van der Waals surface area contributed by atoms with Crippen molar-refractivity contribution in [2.45, 2.75) is 30.9 Å². The Kier molecular flexibility index (Phi) is 8.71. The van der Waals surface area contributed by atoms with Crippen molar-refractivity contribution in [2.75, 3.05) is 38.6 Å². The van der Waals surface area contributed by atoms with Gasteiger partial charge in [-0.15, -0.1) is 0 Å². The molecule has 1 heterocycles. The van der Waals surface area contributed by atoms with E-state index in [2.05, 4.69) is 17.0 Å². The second kappa shape index (κ2) is 12.0. The van der Waals surface area contributed by atoms with E-state index in [1.807, 2.05) is 37.3 Å². The number of carbonyl (C=O) groups excluding carboxylic acids is 1. The summed E-state index contributed by atoms with van der Waals surface area (Å²) < 4.78 is 40.6. The van der Waals surface area contributed by atoms with Crippen LogP contribution in [0.25, 0.3) is 11.1 Å². The third-order valence-electron chi connectivity index (χ3n) is 6.75. The molecule has 3 aromatic carbocycles. The van der Waals surface area contributed by atoms with Crippen LogP contribution in [0.4, 0.5) is 5.69 Å². The smallest absolute Gasteiger partial charge is 0.261 e. The van der Waals surface area contributed by atoms with E-state index in [0.717, 1.165) is 17.7 Å². The van der Waals surface area contributed by atoms with Gasteiger partial charge in [-0.1, -0.05) is 49.4 Å². The Morgan fingerprint density at radius 3 is 2.37 bits per heavy atom. The highest BCUT2D eigenvalue weighted by molar-refractivity contribution is 7.92. The molecule has 202 valence electrons. The van der Waals surface area contributed by atoms with Crippen LogP contribution < -0.4 is 14.8 Å². The van der Waals surface area contributed by atoms with Crippen LogP contribution in [0.2, 0.25) is 0 Å². The molecule has 8 nitrogen and oxygen atoms in total. The molecular formula is C29H35N3O5S. The van der Waals surface area contributed by atoms with Crippen LogP contribution in [0.15, 0.2) is 77.7 Å². The predicted octanol–water partition coefficient (Wildman–Crippen LogP) is 4.25. The van der Waals surface area contributed by atoms with Gasteiger partial charge in [-0.05, 0) is 54.3 Å². The van der Waals surface area contributed by atoms with E-state index in [4.69, 9.17) is 9.47 Å². The van der Waals surface area contributed by atoms with Gasteiger partial charge in [-0.3, -0.25) is 9.52 Å². The standard InChI is InChI=1S/C29H35N3O5S/c1-20-17-30-21(2)19-37-27-15-12-24(16-26(27)29(33)32(3)18-28(20)36-4)31-38(34,35)25-13-10-23(11-14-25)22-8-6-5-7-9-22/h5-16,20-21,28,30-31H,17-19H2,1-4H3/t20-,21+,28+/m1/s1. The zero-order valence-corrected chi connectivity index (χ0v) is 23.0. The van der Waals surface area contributed by atoms with Gasteiger partial charge in [0.1, 0.15) is 12.4 Å². The minimum absolute atomic E-state index is 0.0482. The lowest BCUT2D eigenvalue weighted by atomic mass is 10.0. The maximum atomic E-state index is 13.5. The van der Waals surface area contributed by atoms with Crippen LogP contribution in [-0.4, -0.2) is 65.2 Å². The van der Waals surface area contributed by atoms with Gasteiger partial charge in [0.2, 0.25) is 0 Å². The van der Waals surface area contributed by atoms with E-state index in [-0.39, 0.29) is 40.1 Å². The first-order chi connectivity index (χ1) is 18.2. The number of rotatable bonds is 5. The Morgan fingerprint density at radius 2 is 1.68 bits per heavy atom. The lowest BCUT2D eigenvalue weighted by Gasteiger charge is -2.30. The third kappa shape index (κ3) is 6.53. The molecule has 9 heteroatoms. The summed E-state index contributed by atoms with van der Waals surface area (Å²) in [6.45, 7) is 5.55. The molecule has 3 aromatic rings. The molecule has 0 aliphatic carbocycles. The summed E-state index contributed by atoms with van der Waals surface area (Å²) in [7, 11) is -0.534. The van der Waals surface area contributed by atoms with Crippen LogP contribution in [0.3, 0.4) is 0 Å². The topological polar surface area (TPSA) is 97.0 Å². The van der Waals surface area contributed by atoms with Crippen molar-refractivity contribution < 1.29 is 22.7 Å². The number of hydrogen-bond donors (Lipinski definition) is 2. The molecule has 1 amide bonds. The predicted molar refractivity (Wildman–Crippen MR) is 149 cm³/mol. The van der Waals surface area contributed by atoms with Crippen molar-refractivity contribution in [1.29, 1.82) is 0 Å². The molecule has 1 aliphatic heterocycles. The van der Waals surface area contributed by atoms with Gasteiger partial charge >= 0.3 is 0 Å². The van der Waals surface area contributed by atoms with Gasteiger partial charge in [-0.2, -0.15) is 0 Å². The quantitative estimate of drug-likeness (QED) is 0.505. The summed E-state index contributed by atoms with van der Waals surface area (Å²) in [4.78, 5) is 15.2. The maximum absolute atomic E-state index is 13.5. The van der Waals surface area contributed by atoms with E-state index in [9.17, 15) is 13.2 Å². The van der Waals surface area contributed by atoms with Gasteiger partial charge in [0.05, 0.1) is 16.6 Å². The van der Waals surface area contributed by atoms with Gasteiger partial charge in [-0.25, -0.2) is 8.42 Å². The van der Waals surface area contributed by atoms with Crippen molar-refractivity contribution in [3.8, 4) is 16.9 Å². The minimum atomic E-state index is -3.88. The number of benzene rings is 3. The van der Waals surface area contributed by atoms with Gasteiger partial charge in [0.25, 0.3) is 15.9 Å². The average molecular weight is 538 g/mol. The lowest BCUT2D eigenvalue weighted by Crippen LogP contribution is -2.44. The highest BCUT2D eigenvalue weighted by atomic mass is 32.2. The first kappa shape index (κ1) is 27.6. The second-order valence-corrected chi connectivity index (χ2v) is 11.4. The van der Waals surface area contributed by atoms with Crippen LogP contribution in [0.1, 0.15) is 24.2 Å². The molecule has 4 rings (SSSR count). The van der Waals surface area contributed by atoms with Gasteiger partial charge < -0.3 is 19.7 Å². The number of amides is 1. The molecule has 0 fully saturated rings. The van der Waals surface area contributed by atoms with Gasteiger partial charge in [0.15, 0.2) is 0 Å². The van der Waals surface area contributed by atoms with Crippen LogP contribution >= 0.6 is 0 Å². The first-order valence-corrected chi connectivity index (χ1v) is 14.1. The zero-order chi connectivity index (χ0) is 27.3. The number of likely N-dealkylation sites (N-methyl/N-ethyl adjacent to an activating group) is 1. The Balaban J connectivity index is 1.60. The number of nitrogens with one attached hydrogen (secondary N) is 2.